The van der Waals surface area contributed by atoms with E-state index in [0.29, 0.717) is 19.4 Å². The number of esters is 1. The Bertz CT molecular complexity index is 1110. The smallest absolute Gasteiger partial charge is 0.305 e. The number of ether oxygens (including phenoxy) is 3. The third-order valence-electron chi connectivity index (χ3n) is 13.4. The van der Waals surface area contributed by atoms with Crippen LogP contribution in [0.3, 0.4) is 0 Å². The summed E-state index contributed by atoms with van der Waals surface area (Å²) in [5, 5.41) is 54.1. The molecule has 7 unspecified atom stereocenters. The molecule has 0 aromatic heterocycles. The first-order valence-electron chi connectivity index (χ1n) is 28.0. The van der Waals surface area contributed by atoms with Gasteiger partial charge in [0.05, 0.1) is 32.0 Å². The van der Waals surface area contributed by atoms with Gasteiger partial charge in [-0.2, -0.15) is 0 Å². The second kappa shape index (κ2) is 45.8. The topological polar surface area (TPSA) is 175 Å². The summed E-state index contributed by atoms with van der Waals surface area (Å²) in [5.74, 6) is -0.203. The zero-order valence-corrected chi connectivity index (χ0v) is 42.7. The van der Waals surface area contributed by atoms with Crippen LogP contribution < -0.4 is 5.32 Å². The van der Waals surface area contributed by atoms with Crippen molar-refractivity contribution in [2.24, 2.45) is 0 Å². The molecule has 0 aromatic carbocycles. The highest BCUT2D eigenvalue weighted by Crippen LogP contribution is 2.23. The maximum Gasteiger partial charge on any atom is 0.305 e. The van der Waals surface area contributed by atoms with Crippen LogP contribution in [0.25, 0.3) is 0 Å². The molecule has 0 bridgehead atoms. The molecule has 11 nitrogen and oxygen atoms in total. The van der Waals surface area contributed by atoms with Gasteiger partial charge in [-0.05, 0) is 32.1 Å². The van der Waals surface area contributed by atoms with Crippen LogP contribution in [0.1, 0.15) is 264 Å². The number of rotatable bonds is 48. The normalized spacial score (nSPS) is 19.7. The van der Waals surface area contributed by atoms with Crippen LogP contribution in [-0.4, -0.2) is 100 Å². The third-order valence-corrected chi connectivity index (χ3v) is 13.4. The lowest BCUT2D eigenvalue weighted by Gasteiger charge is -2.40. The zero-order valence-electron chi connectivity index (χ0n) is 42.7. The van der Waals surface area contributed by atoms with Gasteiger partial charge in [0.2, 0.25) is 5.91 Å². The highest BCUT2D eigenvalue weighted by Gasteiger charge is 2.44. The van der Waals surface area contributed by atoms with E-state index in [1.54, 1.807) is 6.08 Å². The van der Waals surface area contributed by atoms with Crippen molar-refractivity contribution in [1.29, 1.82) is 0 Å². The molecule has 0 aromatic rings. The fourth-order valence-electron chi connectivity index (χ4n) is 8.91. The summed E-state index contributed by atoms with van der Waals surface area (Å²) in [6.07, 6.45) is 41.6. The summed E-state index contributed by atoms with van der Waals surface area (Å²) in [5.41, 5.74) is 0. The van der Waals surface area contributed by atoms with E-state index >= 15 is 0 Å². The lowest BCUT2D eigenvalue weighted by atomic mass is 9.99. The number of hydrogen-bond donors (Lipinski definition) is 6. The number of nitrogens with one attached hydrogen (secondary N) is 1. The molecule has 1 saturated heterocycles. The minimum Gasteiger partial charge on any atom is -0.466 e. The molecule has 0 saturated carbocycles. The Hall–Kier alpha value is -1.60. The number of carbonyl (C=O) groups excluding carboxylic acids is 2. The van der Waals surface area contributed by atoms with Gasteiger partial charge in [0.25, 0.3) is 0 Å². The number of aliphatic hydroxyl groups excluding tert-OH is 5. The van der Waals surface area contributed by atoms with Crippen LogP contribution in [0.2, 0.25) is 0 Å². The molecule has 1 fully saturated rings. The fourth-order valence-corrected chi connectivity index (χ4v) is 8.91. The van der Waals surface area contributed by atoms with Crippen LogP contribution in [0.4, 0.5) is 0 Å². The van der Waals surface area contributed by atoms with Crippen LogP contribution in [0.15, 0.2) is 12.2 Å². The SMILES string of the molecule is CCCCCCCCC/C=C/C(O)C(COC1OC(CO)C(O)C(O)C1O)NC(=O)CCCCCCCCCCCCCCCCCCOC(=O)CCCCCCCCCCCCCCC. The maximum absolute atomic E-state index is 13.0. The quantitative estimate of drug-likeness (QED) is 0.0196. The number of unbranched alkanes of at least 4 members (excludes halogenated alkanes) is 34. The van der Waals surface area contributed by atoms with Crippen LogP contribution in [0.5, 0.6) is 0 Å². The van der Waals surface area contributed by atoms with Gasteiger partial charge in [0, 0.05) is 12.8 Å². The second-order valence-electron chi connectivity index (χ2n) is 19.7. The summed E-state index contributed by atoms with van der Waals surface area (Å²) in [7, 11) is 0. The van der Waals surface area contributed by atoms with E-state index in [9.17, 15) is 35.1 Å². The summed E-state index contributed by atoms with van der Waals surface area (Å²) in [4.78, 5) is 25.0. The largest absolute Gasteiger partial charge is 0.466 e. The standard InChI is InChI=1S/C55H105NO10/c1-3-5-7-9-11-13-14-19-23-27-31-35-39-43-51(60)64-44-40-36-32-28-24-21-18-16-15-17-20-22-26-30-34-38-42-50(59)56-47(48(58)41-37-33-29-25-12-10-8-6-4-2)46-65-55-54(63)53(62)52(61)49(45-57)66-55/h37,41,47-49,52-55,57-58,61-63H,3-36,38-40,42-46H2,1-2H3,(H,56,59)/b41-37+. The van der Waals surface area contributed by atoms with Gasteiger partial charge >= 0.3 is 5.97 Å². The molecular formula is C55H105NO10. The molecule has 0 spiro atoms. The first kappa shape index (κ1) is 62.4. The number of allylic oxidation sites excluding steroid dienone is 1. The first-order chi connectivity index (χ1) is 32.2. The molecular weight excluding hydrogens is 835 g/mol. The van der Waals surface area contributed by atoms with Crippen molar-refractivity contribution in [3.8, 4) is 0 Å². The number of carbonyl (C=O) groups is 2. The van der Waals surface area contributed by atoms with Crippen LogP contribution in [0, 0.1) is 0 Å². The van der Waals surface area contributed by atoms with Crippen molar-refractivity contribution in [3.05, 3.63) is 12.2 Å². The number of amides is 1. The average Bonchev–Trinajstić information content (AvgIpc) is 3.31. The summed E-state index contributed by atoms with van der Waals surface area (Å²) in [6.45, 7) is 4.30. The van der Waals surface area contributed by atoms with Gasteiger partial charge in [0.15, 0.2) is 6.29 Å². The molecule has 1 heterocycles. The molecule has 1 amide bonds. The summed E-state index contributed by atoms with van der Waals surface area (Å²) >= 11 is 0. The van der Waals surface area contributed by atoms with Gasteiger partial charge in [-0.1, -0.05) is 231 Å². The summed E-state index contributed by atoms with van der Waals surface area (Å²) in [6, 6.07) is -0.812. The van der Waals surface area contributed by atoms with Crippen molar-refractivity contribution in [2.45, 2.75) is 307 Å². The monoisotopic (exact) mass is 940 g/mol. The first-order valence-corrected chi connectivity index (χ1v) is 28.0. The minimum absolute atomic E-state index is 0.0132. The van der Waals surface area contributed by atoms with Crippen molar-refractivity contribution < 1.29 is 49.3 Å². The molecule has 1 rings (SSSR count). The van der Waals surface area contributed by atoms with Crippen molar-refractivity contribution >= 4 is 11.9 Å². The third kappa shape index (κ3) is 35.5. The molecule has 0 aliphatic carbocycles. The number of aliphatic hydroxyl groups is 5. The van der Waals surface area contributed by atoms with Gasteiger partial charge in [-0.15, -0.1) is 0 Å². The predicted octanol–water partition coefficient (Wildman–Crippen LogP) is 12.0. The average molecular weight is 940 g/mol. The van der Waals surface area contributed by atoms with Crippen LogP contribution >= 0.6 is 0 Å². The van der Waals surface area contributed by atoms with E-state index in [0.717, 1.165) is 70.6 Å². The van der Waals surface area contributed by atoms with E-state index in [1.807, 2.05) is 6.08 Å². The Labute approximate surface area is 404 Å². The van der Waals surface area contributed by atoms with E-state index in [1.165, 1.54) is 167 Å². The summed E-state index contributed by atoms with van der Waals surface area (Å²) < 4.78 is 16.7. The molecule has 6 N–H and O–H groups in total. The van der Waals surface area contributed by atoms with Gasteiger partial charge in [0.1, 0.15) is 24.4 Å². The Balaban J connectivity index is 2.06. The zero-order chi connectivity index (χ0) is 48.1. The highest BCUT2D eigenvalue weighted by molar-refractivity contribution is 5.76. The van der Waals surface area contributed by atoms with Gasteiger partial charge < -0.3 is 45.1 Å². The molecule has 0 radical (unpaired) electrons. The number of hydrogen-bond acceptors (Lipinski definition) is 10. The second-order valence-corrected chi connectivity index (χ2v) is 19.7. The van der Waals surface area contributed by atoms with Crippen molar-refractivity contribution in [3.63, 3.8) is 0 Å². The molecule has 66 heavy (non-hydrogen) atoms. The highest BCUT2D eigenvalue weighted by atomic mass is 16.7. The lowest BCUT2D eigenvalue weighted by molar-refractivity contribution is -0.302. The Morgan fingerprint density at radius 3 is 1.41 bits per heavy atom. The molecule has 1 aliphatic heterocycles. The molecule has 11 heteroatoms. The van der Waals surface area contributed by atoms with E-state index in [-0.39, 0.29) is 18.5 Å². The molecule has 1 aliphatic rings. The lowest BCUT2D eigenvalue weighted by Crippen LogP contribution is -2.60. The maximum atomic E-state index is 13.0. The fraction of sp³-hybridized carbons (Fsp3) is 0.927. The predicted molar refractivity (Wildman–Crippen MR) is 269 cm³/mol. The van der Waals surface area contributed by atoms with E-state index in [2.05, 4.69) is 19.2 Å². The van der Waals surface area contributed by atoms with E-state index in [4.69, 9.17) is 14.2 Å². The van der Waals surface area contributed by atoms with Gasteiger partial charge in [-0.25, -0.2) is 0 Å². The van der Waals surface area contributed by atoms with Crippen molar-refractivity contribution in [2.75, 3.05) is 19.8 Å². The Morgan fingerprint density at radius 2 is 0.955 bits per heavy atom. The van der Waals surface area contributed by atoms with E-state index < -0.39 is 49.5 Å². The molecule has 7 atom stereocenters. The minimum atomic E-state index is -1.57. The molecule has 390 valence electrons. The van der Waals surface area contributed by atoms with Gasteiger partial charge in [-0.3, -0.25) is 9.59 Å². The van der Waals surface area contributed by atoms with Crippen LogP contribution in [-0.2, 0) is 23.8 Å². The Kier molecular flexibility index (Phi) is 43.3. The van der Waals surface area contributed by atoms with Crippen molar-refractivity contribution in [1.82, 2.24) is 5.32 Å². The Morgan fingerprint density at radius 1 is 0.545 bits per heavy atom.